The third-order valence-electron chi connectivity index (χ3n) is 3.78. The Bertz CT molecular complexity index is 522. The molecule has 120 valence electrons. The quantitative estimate of drug-likeness (QED) is 0.784. The number of likely N-dealkylation sites (tertiary alicyclic amines) is 1. The second kappa shape index (κ2) is 7.24. The molecule has 6 heteroatoms. The average molecular weight is 309 g/mol. The van der Waals surface area contributed by atoms with Crippen molar-refractivity contribution in [1.82, 2.24) is 4.90 Å². The number of amides is 1. The molecule has 2 rings (SSSR count). The molecule has 0 N–H and O–H groups in total. The minimum Gasteiger partial charge on any atom is -0.465 e. The van der Waals surface area contributed by atoms with Gasteiger partial charge in [0, 0.05) is 13.1 Å². The van der Waals surface area contributed by atoms with Crippen LogP contribution in [0.25, 0.3) is 0 Å². The second-order valence-corrected chi connectivity index (χ2v) is 5.35. The highest BCUT2D eigenvalue weighted by atomic mass is 19.1. The fourth-order valence-corrected chi connectivity index (χ4v) is 2.45. The number of nitrogens with zero attached hydrogens (tertiary/aromatic N) is 1. The maximum absolute atomic E-state index is 13.3. The normalized spacial score (nSPS) is 20.7. The van der Waals surface area contributed by atoms with Crippen LogP contribution in [0.15, 0.2) is 30.3 Å². The Morgan fingerprint density at radius 1 is 1.27 bits per heavy atom. The largest absolute Gasteiger partial charge is 0.465 e. The predicted molar refractivity (Wildman–Crippen MR) is 77.9 cm³/mol. The summed E-state index contributed by atoms with van der Waals surface area (Å²) in [5.74, 6) is -0.587. The zero-order valence-corrected chi connectivity index (χ0v) is 12.6. The molecule has 0 bridgehead atoms. The topological polar surface area (TPSA) is 55.8 Å². The van der Waals surface area contributed by atoms with E-state index in [0.29, 0.717) is 0 Å². The molecule has 1 unspecified atom stereocenters. The first-order chi connectivity index (χ1) is 10.6. The summed E-state index contributed by atoms with van der Waals surface area (Å²) < 4.78 is 23.5. The minimum atomic E-state index is -1.25. The first-order valence-corrected chi connectivity index (χ1v) is 7.30. The van der Waals surface area contributed by atoms with Gasteiger partial charge in [0.2, 0.25) is 0 Å². The fourth-order valence-electron chi connectivity index (χ4n) is 2.45. The van der Waals surface area contributed by atoms with E-state index in [1.807, 2.05) is 30.3 Å². The van der Waals surface area contributed by atoms with Gasteiger partial charge in [-0.15, -0.1) is 0 Å². The Morgan fingerprint density at radius 2 is 2.00 bits per heavy atom. The lowest BCUT2D eigenvalue weighted by Gasteiger charge is -2.23. The number of hydrogen-bond acceptors (Lipinski definition) is 4. The van der Waals surface area contributed by atoms with Crippen LogP contribution in [0.1, 0.15) is 18.9 Å². The summed E-state index contributed by atoms with van der Waals surface area (Å²) in [6, 6.07) is 9.28. The van der Waals surface area contributed by atoms with Crippen molar-refractivity contribution in [2.75, 3.05) is 26.4 Å². The molecule has 0 saturated carbocycles. The van der Waals surface area contributed by atoms with Crippen molar-refractivity contribution in [1.29, 1.82) is 0 Å². The van der Waals surface area contributed by atoms with Gasteiger partial charge in [-0.2, -0.15) is 0 Å². The van der Waals surface area contributed by atoms with Crippen LogP contribution in [0.3, 0.4) is 0 Å². The third kappa shape index (κ3) is 3.55. The molecule has 0 aromatic heterocycles. The summed E-state index contributed by atoms with van der Waals surface area (Å²) in [5.41, 5.74) is -0.376. The van der Waals surface area contributed by atoms with E-state index in [-0.39, 0.29) is 32.7 Å². The van der Waals surface area contributed by atoms with Crippen LogP contribution >= 0.6 is 0 Å². The molecule has 0 spiro atoms. The lowest BCUT2D eigenvalue weighted by Crippen LogP contribution is -2.39. The monoisotopic (exact) mass is 309 g/mol. The van der Waals surface area contributed by atoms with Gasteiger partial charge in [-0.05, 0) is 18.9 Å². The van der Waals surface area contributed by atoms with Gasteiger partial charge in [0.1, 0.15) is 18.7 Å². The zero-order chi connectivity index (χ0) is 16.0. The Balaban J connectivity index is 1.91. The molecule has 1 atom stereocenters. The van der Waals surface area contributed by atoms with Crippen LogP contribution in [-0.2, 0) is 20.9 Å². The molecule has 1 aliphatic heterocycles. The number of esters is 1. The Morgan fingerprint density at radius 3 is 2.64 bits per heavy atom. The number of carbonyl (C=O) groups excluding carboxylic acids is 2. The number of alkyl halides is 1. The summed E-state index contributed by atoms with van der Waals surface area (Å²) in [5, 5.41) is 0. The molecule has 1 amide bonds. The van der Waals surface area contributed by atoms with Crippen molar-refractivity contribution in [2.24, 2.45) is 5.41 Å². The van der Waals surface area contributed by atoms with Crippen LogP contribution in [-0.4, -0.2) is 43.3 Å². The highest BCUT2D eigenvalue weighted by molar-refractivity contribution is 5.79. The number of ether oxygens (including phenoxy) is 2. The van der Waals surface area contributed by atoms with Crippen molar-refractivity contribution >= 4 is 12.1 Å². The molecule has 1 fully saturated rings. The molecule has 1 heterocycles. The van der Waals surface area contributed by atoms with Crippen LogP contribution in [0, 0.1) is 5.41 Å². The van der Waals surface area contributed by atoms with E-state index in [9.17, 15) is 14.0 Å². The van der Waals surface area contributed by atoms with Crippen LogP contribution in [0.5, 0.6) is 0 Å². The summed E-state index contributed by atoms with van der Waals surface area (Å²) >= 11 is 0. The second-order valence-electron chi connectivity index (χ2n) is 5.35. The Hall–Kier alpha value is -2.11. The van der Waals surface area contributed by atoms with Crippen LogP contribution in [0.2, 0.25) is 0 Å². The van der Waals surface area contributed by atoms with Crippen molar-refractivity contribution in [3.8, 4) is 0 Å². The van der Waals surface area contributed by atoms with Gasteiger partial charge < -0.3 is 14.4 Å². The summed E-state index contributed by atoms with van der Waals surface area (Å²) in [6.07, 6.45) is -0.286. The first kappa shape index (κ1) is 16.3. The molecular formula is C16H20FNO4. The minimum absolute atomic E-state index is 0.00401. The maximum Gasteiger partial charge on any atom is 0.410 e. The van der Waals surface area contributed by atoms with Crippen LogP contribution in [0.4, 0.5) is 9.18 Å². The highest BCUT2D eigenvalue weighted by Gasteiger charge is 2.48. The van der Waals surface area contributed by atoms with Gasteiger partial charge in [0.15, 0.2) is 0 Å². The third-order valence-corrected chi connectivity index (χ3v) is 3.78. The van der Waals surface area contributed by atoms with E-state index < -0.39 is 24.2 Å². The number of carbonyl (C=O) groups is 2. The van der Waals surface area contributed by atoms with E-state index in [0.717, 1.165) is 5.56 Å². The van der Waals surface area contributed by atoms with Gasteiger partial charge in [-0.25, -0.2) is 9.18 Å². The van der Waals surface area contributed by atoms with E-state index in [4.69, 9.17) is 9.47 Å². The number of rotatable bonds is 5. The Kier molecular flexibility index (Phi) is 5.35. The van der Waals surface area contributed by atoms with E-state index in [2.05, 4.69) is 0 Å². The molecular weight excluding hydrogens is 289 g/mol. The zero-order valence-electron chi connectivity index (χ0n) is 12.6. The van der Waals surface area contributed by atoms with Crippen molar-refractivity contribution in [3.63, 3.8) is 0 Å². The number of benzene rings is 1. The number of halogens is 1. The van der Waals surface area contributed by atoms with Gasteiger partial charge >= 0.3 is 12.1 Å². The molecule has 5 nitrogen and oxygen atoms in total. The van der Waals surface area contributed by atoms with Crippen LogP contribution < -0.4 is 0 Å². The predicted octanol–water partition coefficient (Wildman–Crippen LogP) is 2.55. The first-order valence-electron chi connectivity index (χ1n) is 7.30. The highest BCUT2D eigenvalue weighted by Crippen LogP contribution is 2.33. The smallest absolute Gasteiger partial charge is 0.410 e. The van der Waals surface area contributed by atoms with Gasteiger partial charge in [-0.3, -0.25) is 4.79 Å². The molecule has 1 saturated heterocycles. The van der Waals surface area contributed by atoms with Crippen molar-refractivity contribution < 1.29 is 23.5 Å². The van der Waals surface area contributed by atoms with E-state index in [1.165, 1.54) is 4.90 Å². The lowest BCUT2D eigenvalue weighted by atomic mass is 9.89. The summed E-state index contributed by atoms with van der Waals surface area (Å²) in [4.78, 5) is 25.3. The average Bonchev–Trinajstić information content (AvgIpc) is 3.00. The fraction of sp³-hybridized carbons (Fsp3) is 0.500. The molecule has 1 aromatic carbocycles. The van der Waals surface area contributed by atoms with Gasteiger partial charge in [0.25, 0.3) is 0 Å². The van der Waals surface area contributed by atoms with E-state index >= 15 is 0 Å². The van der Waals surface area contributed by atoms with Crippen molar-refractivity contribution in [2.45, 2.75) is 20.0 Å². The molecule has 22 heavy (non-hydrogen) atoms. The molecule has 1 aromatic rings. The van der Waals surface area contributed by atoms with E-state index in [1.54, 1.807) is 6.92 Å². The summed E-state index contributed by atoms with van der Waals surface area (Å²) in [6.45, 7) is 1.46. The molecule has 0 radical (unpaired) electrons. The maximum atomic E-state index is 13.3. The standard InChI is InChI=1S/C16H20FNO4/c1-2-21-14(19)16(11-17)8-9-18(12-16)15(20)22-10-13-6-4-3-5-7-13/h3-7H,2,8-12H2,1H3. The molecule has 0 aliphatic carbocycles. The lowest BCUT2D eigenvalue weighted by molar-refractivity contribution is -0.155. The van der Waals surface area contributed by atoms with Gasteiger partial charge in [-0.1, -0.05) is 30.3 Å². The molecule has 1 aliphatic rings. The SMILES string of the molecule is CCOC(=O)C1(CF)CCN(C(=O)OCc2ccccc2)C1. The van der Waals surface area contributed by atoms with Crippen molar-refractivity contribution in [3.05, 3.63) is 35.9 Å². The van der Waals surface area contributed by atoms with Gasteiger partial charge in [0.05, 0.1) is 6.61 Å². The Labute approximate surface area is 129 Å². The summed E-state index contributed by atoms with van der Waals surface area (Å²) in [7, 11) is 0. The number of hydrogen-bond donors (Lipinski definition) is 0.